The average molecular weight is 372 g/mol. The molecule has 0 bridgehead atoms. The number of aliphatic hydroxyl groups is 2. The number of hydrogen-bond donors (Lipinski definition) is 4. The van der Waals surface area contributed by atoms with Crippen LogP contribution >= 0.6 is 0 Å². The summed E-state index contributed by atoms with van der Waals surface area (Å²) in [6.45, 7) is 1.84. The minimum absolute atomic E-state index is 0.0512. The van der Waals surface area contributed by atoms with Gasteiger partial charge >= 0.3 is 0 Å². The zero-order valence-electron chi connectivity index (χ0n) is 14.6. The van der Waals surface area contributed by atoms with E-state index in [-0.39, 0.29) is 41.8 Å². The van der Waals surface area contributed by atoms with Crippen molar-refractivity contribution in [2.75, 3.05) is 13.2 Å². The summed E-state index contributed by atoms with van der Waals surface area (Å²) >= 11 is 0. The Balaban J connectivity index is 1.90. The Labute approximate surface area is 155 Å². The highest BCUT2D eigenvalue weighted by Gasteiger charge is 2.39. The first-order valence-corrected chi connectivity index (χ1v) is 8.35. The first-order valence-electron chi connectivity index (χ1n) is 8.35. The van der Waals surface area contributed by atoms with Crippen molar-refractivity contribution in [1.82, 2.24) is 0 Å². The summed E-state index contributed by atoms with van der Waals surface area (Å²) in [5.41, 5.74) is 1.14. The van der Waals surface area contributed by atoms with Crippen molar-refractivity contribution in [2.24, 2.45) is 0 Å². The molecule has 0 saturated heterocycles. The molecule has 4 N–H and O–H groups in total. The number of benzene rings is 2. The number of fused-ring (bicyclic) bond motifs is 1. The molecule has 2 aromatic rings. The summed E-state index contributed by atoms with van der Waals surface area (Å²) < 4.78 is 11.3. The lowest BCUT2D eigenvalue weighted by molar-refractivity contribution is 0.0210. The summed E-state index contributed by atoms with van der Waals surface area (Å²) in [4.78, 5) is 12.5. The van der Waals surface area contributed by atoms with Crippen molar-refractivity contribution in [3.05, 3.63) is 59.2 Å². The second kappa shape index (κ2) is 7.69. The molecule has 2 unspecified atom stereocenters. The Morgan fingerprint density at radius 1 is 1.22 bits per heavy atom. The van der Waals surface area contributed by atoms with E-state index in [1.54, 1.807) is 25.1 Å². The third kappa shape index (κ3) is 3.89. The van der Waals surface area contributed by atoms with Gasteiger partial charge in [0.15, 0.2) is 12.2 Å². The lowest BCUT2D eigenvalue weighted by Gasteiger charge is -2.30. The van der Waals surface area contributed by atoms with Crippen LogP contribution in [-0.4, -0.2) is 45.5 Å². The van der Waals surface area contributed by atoms with Crippen molar-refractivity contribution in [3.63, 3.8) is 0 Å². The van der Waals surface area contributed by atoms with Crippen LogP contribution in [0.15, 0.2) is 48.0 Å². The van der Waals surface area contributed by atoms with Crippen LogP contribution in [-0.2, 0) is 0 Å². The molecule has 2 aromatic carbocycles. The number of carbonyl (C=O) groups is 1. The zero-order chi connectivity index (χ0) is 19.6. The zero-order valence-corrected chi connectivity index (χ0v) is 14.6. The van der Waals surface area contributed by atoms with Gasteiger partial charge in [-0.1, -0.05) is 12.1 Å². The first kappa shape index (κ1) is 18.8. The highest BCUT2D eigenvalue weighted by Crippen LogP contribution is 2.42. The van der Waals surface area contributed by atoms with Gasteiger partial charge < -0.3 is 29.9 Å². The number of phenols is 2. The van der Waals surface area contributed by atoms with Crippen molar-refractivity contribution in [2.45, 2.75) is 19.1 Å². The highest BCUT2D eigenvalue weighted by molar-refractivity contribution is 6.05. The van der Waals surface area contributed by atoms with E-state index in [4.69, 9.17) is 14.6 Å². The van der Waals surface area contributed by atoms with Crippen molar-refractivity contribution in [3.8, 4) is 23.0 Å². The van der Waals surface area contributed by atoms with Crippen LogP contribution in [0.4, 0.5) is 0 Å². The summed E-state index contributed by atoms with van der Waals surface area (Å²) in [6.07, 6.45) is -0.780. The van der Waals surface area contributed by atoms with Crippen LogP contribution in [0.5, 0.6) is 23.0 Å². The Bertz CT molecular complexity index is 871. The molecule has 1 aliphatic rings. The highest BCUT2D eigenvalue weighted by atomic mass is 16.5. The molecule has 0 aromatic heterocycles. The fourth-order valence-corrected chi connectivity index (χ4v) is 2.75. The molecule has 1 heterocycles. The van der Waals surface area contributed by atoms with Gasteiger partial charge in [-0.05, 0) is 36.3 Å². The van der Waals surface area contributed by atoms with Gasteiger partial charge in [-0.3, -0.25) is 4.79 Å². The number of Topliss-reactive ketones (excluding diaryl/α,β-unsaturated/α-hetero) is 1. The molecule has 0 radical (unpaired) electrons. The molecule has 0 fully saturated rings. The average Bonchev–Trinajstić information content (AvgIpc) is 2.65. The minimum atomic E-state index is -1.49. The van der Waals surface area contributed by atoms with Gasteiger partial charge in [0.1, 0.15) is 35.2 Å². The second-order valence-corrected chi connectivity index (χ2v) is 6.27. The predicted molar refractivity (Wildman–Crippen MR) is 96.3 cm³/mol. The summed E-state index contributed by atoms with van der Waals surface area (Å²) in [5.74, 6) is -0.577. The van der Waals surface area contributed by atoms with Crippen LogP contribution in [0.3, 0.4) is 0 Å². The standard InChI is InChI=1S/C20H20O7/c1-11(10-21)6-7-26-14-8-15(23)17-16(9-14)27-20(19(25)18(17)24)12-2-4-13(22)5-3-12/h2-6,8-9,19-23,25H,7,10H2,1H3. The number of hydrogen-bond acceptors (Lipinski definition) is 7. The van der Waals surface area contributed by atoms with Gasteiger partial charge in [0.05, 0.1) is 6.61 Å². The molecule has 142 valence electrons. The number of ketones is 1. The van der Waals surface area contributed by atoms with E-state index < -0.39 is 18.0 Å². The maximum atomic E-state index is 12.5. The summed E-state index contributed by atoms with van der Waals surface area (Å²) in [5, 5.41) is 38.9. The molecule has 2 atom stereocenters. The topological polar surface area (TPSA) is 116 Å². The van der Waals surface area contributed by atoms with Crippen molar-refractivity contribution >= 4 is 5.78 Å². The third-order valence-corrected chi connectivity index (χ3v) is 4.26. The molecular weight excluding hydrogens is 352 g/mol. The fraction of sp³-hybridized carbons (Fsp3) is 0.250. The molecule has 7 heteroatoms. The van der Waals surface area contributed by atoms with Gasteiger partial charge in [-0.25, -0.2) is 0 Å². The molecule has 0 amide bonds. The molecule has 1 aliphatic heterocycles. The van der Waals surface area contributed by atoms with Gasteiger partial charge in [0.2, 0.25) is 5.78 Å². The second-order valence-electron chi connectivity index (χ2n) is 6.27. The number of aromatic hydroxyl groups is 2. The molecule has 7 nitrogen and oxygen atoms in total. The lowest BCUT2D eigenvalue weighted by atomic mass is 9.93. The minimum Gasteiger partial charge on any atom is -0.508 e. The summed E-state index contributed by atoms with van der Waals surface area (Å²) in [7, 11) is 0. The number of phenolic OH excluding ortho intramolecular Hbond substituents is 2. The molecular formula is C20H20O7. The normalized spacial score (nSPS) is 19.4. The van der Waals surface area contributed by atoms with Crippen LogP contribution < -0.4 is 9.47 Å². The predicted octanol–water partition coefficient (Wildman–Crippen LogP) is 2.09. The molecule has 0 spiro atoms. The maximum Gasteiger partial charge on any atom is 0.202 e. The maximum absolute atomic E-state index is 12.5. The Kier molecular flexibility index (Phi) is 5.34. The Morgan fingerprint density at radius 2 is 1.93 bits per heavy atom. The van der Waals surface area contributed by atoms with E-state index >= 15 is 0 Å². The van der Waals surface area contributed by atoms with Crippen LogP contribution in [0.2, 0.25) is 0 Å². The van der Waals surface area contributed by atoms with Crippen LogP contribution in [0.1, 0.15) is 28.9 Å². The molecule has 3 rings (SSSR count). The lowest BCUT2D eigenvalue weighted by Crippen LogP contribution is -2.36. The van der Waals surface area contributed by atoms with E-state index in [9.17, 15) is 20.1 Å². The number of carbonyl (C=O) groups excluding carboxylic acids is 1. The van der Waals surface area contributed by atoms with Crippen LogP contribution in [0, 0.1) is 0 Å². The third-order valence-electron chi connectivity index (χ3n) is 4.26. The molecule has 0 saturated carbocycles. The quantitative estimate of drug-likeness (QED) is 0.594. The first-order chi connectivity index (χ1) is 12.9. The number of aliphatic hydroxyl groups excluding tert-OH is 2. The van der Waals surface area contributed by atoms with Gasteiger partial charge in [0, 0.05) is 12.1 Å². The number of rotatable bonds is 5. The van der Waals surface area contributed by atoms with Gasteiger partial charge in [-0.2, -0.15) is 0 Å². The van der Waals surface area contributed by atoms with E-state index in [2.05, 4.69) is 0 Å². The number of ether oxygens (including phenoxy) is 2. The molecule has 27 heavy (non-hydrogen) atoms. The van der Waals surface area contributed by atoms with E-state index in [1.807, 2.05) is 0 Å². The monoisotopic (exact) mass is 372 g/mol. The van der Waals surface area contributed by atoms with Gasteiger partial charge in [-0.15, -0.1) is 0 Å². The fourth-order valence-electron chi connectivity index (χ4n) is 2.75. The van der Waals surface area contributed by atoms with Gasteiger partial charge in [0.25, 0.3) is 0 Å². The van der Waals surface area contributed by atoms with E-state index in [0.29, 0.717) is 5.56 Å². The van der Waals surface area contributed by atoms with E-state index in [0.717, 1.165) is 5.57 Å². The Morgan fingerprint density at radius 3 is 2.59 bits per heavy atom. The largest absolute Gasteiger partial charge is 0.508 e. The van der Waals surface area contributed by atoms with E-state index in [1.165, 1.54) is 24.3 Å². The van der Waals surface area contributed by atoms with Crippen molar-refractivity contribution in [1.29, 1.82) is 0 Å². The summed E-state index contributed by atoms with van der Waals surface area (Å²) in [6, 6.07) is 8.69. The van der Waals surface area contributed by atoms with Crippen LogP contribution in [0.25, 0.3) is 0 Å². The molecule has 0 aliphatic carbocycles. The Hall–Kier alpha value is -3.03. The SMILES string of the molecule is CC(=CCOc1cc(O)c2c(c1)OC(c1ccc(O)cc1)C(O)C2=O)CO. The van der Waals surface area contributed by atoms with Crippen molar-refractivity contribution < 1.29 is 34.7 Å². The smallest absolute Gasteiger partial charge is 0.202 e.